The number of fused-ring (bicyclic) bond motifs is 1. The van der Waals surface area contributed by atoms with E-state index in [0.29, 0.717) is 35.2 Å². The van der Waals surface area contributed by atoms with Crippen molar-refractivity contribution in [1.29, 1.82) is 0 Å². The van der Waals surface area contributed by atoms with Crippen LogP contribution in [0.1, 0.15) is 17.4 Å². The van der Waals surface area contributed by atoms with E-state index in [2.05, 4.69) is 20.9 Å². The highest BCUT2D eigenvalue weighted by Crippen LogP contribution is 2.20. The van der Waals surface area contributed by atoms with Gasteiger partial charge in [-0.1, -0.05) is 15.9 Å². The first-order valence-corrected chi connectivity index (χ1v) is 6.67. The van der Waals surface area contributed by atoms with Crippen molar-refractivity contribution in [2.24, 2.45) is 0 Å². The van der Waals surface area contributed by atoms with Crippen LogP contribution >= 0.6 is 15.9 Å². The molecule has 0 fully saturated rings. The van der Waals surface area contributed by atoms with E-state index in [1.807, 2.05) is 0 Å². The summed E-state index contributed by atoms with van der Waals surface area (Å²) in [5.41, 5.74) is 1.57. The molecule has 0 spiro atoms. The van der Waals surface area contributed by atoms with Crippen molar-refractivity contribution < 1.29 is 13.9 Å². The summed E-state index contributed by atoms with van der Waals surface area (Å²) in [6.07, 6.45) is 1.13. The zero-order valence-corrected chi connectivity index (χ0v) is 11.4. The Kier molecular flexibility index (Phi) is 3.96. The molecule has 0 bridgehead atoms. The second-order valence-corrected chi connectivity index (χ2v) is 4.44. The molecule has 2 rings (SSSR count). The monoisotopic (exact) mass is 314 g/mol. The Hall–Kier alpha value is -1.43. The first-order chi connectivity index (χ1) is 8.67. The fourth-order valence-electron chi connectivity index (χ4n) is 1.80. The predicted molar refractivity (Wildman–Crippen MR) is 69.4 cm³/mol. The number of aryl methyl sites for hydroxylation is 1. The van der Waals surface area contributed by atoms with Gasteiger partial charge in [-0.15, -0.1) is 0 Å². The predicted octanol–water partition coefficient (Wildman–Crippen LogP) is 2.75. The third-order valence-electron chi connectivity index (χ3n) is 2.51. The molecule has 0 amide bonds. The van der Waals surface area contributed by atoms with Gasteiger partial charge in [0.1, 0.15) is 11.5 Å². The number of nitrogens with zero attached hydrogens (tertiary/aromatic N) is 2. The van der Waals surface area contributed by atoms with Gasteiger partial charge in [-0.05, 0) is 13.0 Å². The average Bonchev–Trinajstić information content (AvgIpc) is 2.69. The molecule has 96 valence electrons. The van der Waals surface area contributed by atoms with Gasteiger partial charge < -0.3 is 9.30 Å². The van der Waals surface area contributed by atoms with Crippen molar-refractivity contribution >= 4 is 32.9 Å². The minimum atomic E-state index is -0.424. The lowest BCUT2D eigenvalue weighted by atomic mass is 10.3. The number of hydrogen-bond acceptors (Lipinski definition) is 3. The average molecular weight is 315 g/mol. The molecular formula is C12H12BrFN2O2. The number of hydrogen-bond donors (Lipinski definition) is 0. The van der Waals surface area contributed by atoms with Crippen LogP contribution in [-0.2, 0) is 11.3 Å². The zero-order chi connectivity index (χ0) is 13.1. The van der Waals surface area contributed by atoms with Crippen LogP contribution in [0.25, 0.3) is 11.0 Å². The van der Waals surface area contributed by atoms with Gasteiger partial charge in [-0.2, -0.15) is 0 Å². The molecule has 6 heteroatoms. The summed E-state index contributed by atoms with van der Waals surface area (Å²) in [4.78, 5) is 15.8. The van der Waals surface area contributed by atoms with Crippen molar-refractivity contribution in [3.63, 3.8) is 0 Å². The number of alkyl halides is 1. The molecule has 18 heavy (non-hydrogen) atoms. The minimum absolute atomic E-state index is 0.302. The molecule has 0 aliphatic rings. The number of carbonyl (C=O) groups excluding carboxylic acids is 1. The van der Waals surface area contributed by atoms with E-state index in [0.717, 1.165) is 6.20 Å². The second-order valence-electron chi connectivity index (χ2n) is 3.65. The molecule has 0 unspecified atom stereocenters. The maximum absolute atomic E-state index is 13.2. The maximum atomic E-state index is 13.2. The van der Waals surface area contributed by atoms with Crippen LogP contribution in [0.5, 0.6) is 0 Å². The van der Waals surface area contributed by atoms with Crippen LogP contribution < -0.4 is 0 Å². The number of ether oxygens (including phenoxy) is 1. The fourth-order valence-corrected chi connectivity index (χ4v) is 2.16. The second kappa shape index (κ2) is 5.48. The first-order valence-electron chi connectivity index (χ1n) is 5.55. The molecule has 2 aromatic rings. The topological polar surface area (TPSA) is 44.1 Å². The maximum Gasteiger partial charge on any atom is 0.355 e. The summed E-state index contributed by atoms with van der Waals surface area (Å²) in [7, 11) is 0. The van der Waals surface area contributed by atoms with Crippen LogP contribution in [0.3, 0.4) is 0 Å². The van der Waals surface area contributed by atoms with Gasteiger partial charge in [0.2, 0.25) is 0 Å². The smallest absolute Gasteiger partial charge is 0.355 e. The van der Waals surface area contributed by atoms with Gasteiger partial charge in [-0.3, -0.25) is 4.98 Å². The minimum Gasteiger partial charge on any atom is -0.461 e. The van der Waals surface area contributed by atoms with Gasteiger partial charge in [0.05, 0.1) is 23.8 Å². The third-order valence-corrected chi connectivity index (χ3v) is 2.87. The van der Waals surface area contributed by atoms with E-state index in [4.69, 9.17) is 4.74 Å². The van der Waals surface area contributed by atoms with Gasteiger partial charge in [0.15, 0.2) is 0 Å². The van der Waals surface area contributed by atoms with Crippen molar-refractivity contribution in [2.75, 3.05) is 11.9 Å². The van der Waals surface area contributed by atoms with Crippen molar-refractivity contribution in [1.82, 2.24) is 9.55 Å². The van der Waals surface area contributed by atoms with E-state index < -0.39 is 11.8 Å². The van der Waals surface area contributed by atoms with Crippen LogP contribution in [0.2, 0.25) is 0 Å². The normalized spacial score (nSPS) is 10.8. The summed E-state index contributed by atoms with van der Waals surface area (Å²) >= 11 is 3.31. The van der Waals surface area contributed by atoms with E-state index in [1.54, 1.807) is 17.6 Å². The number of pyridine rings is 1. The molecule has 0 saturated carbocycles. The lowest BCUT2D eigenvalue weighted by Crippen LogP contribution is -2.12. The zero-order valence-electron chi connectivity index (χ0n) is 9.82. The summed E-state index contributed by atoms with van der Waals surface area (Å²) < 4.78 is 19.9. The lowest BCUT2D eigenvalue weighted by Gasteiger charge is -2.07. The van der Waals surface area contributed by atoms with E-state index in [9.17, 15) is 9.18 Å². The summed E-state index contributed by atoms with van der Waals surface area (Å²) in [6, 6.07) is 2.99. The van der Waals surface area contributed by atoms with E-state index in [1.165, 1.54) is 6.07 Å². The van der Waals surface area contributed by atoms with Crippen molar-refractivity contribution in [2.45, 2.75) is 13.5 Å². The Balaban J connectivity index is 2.57. The van der Waals surface area contributed by atoms with Gasteiger partial charge in [-0.25, -0.2) is 9.18 Å². The Bertz CT molecular complexity index is 583. The van der Waals surface area contributed by atoms with Crippen LogP contribution in [0.4, 0.5) is 4.39 Å². The molecule has 0 aliphatic heterocycles. The number of esters is 1. The Morgan fingerprint density at radius 3 is 3.00 bits per heavy atom. The molecule has 2 heterocycles. The summed E-state index contributed by atoms with van der Waals surface area (Å²) in [5.74, 6) is -0.844. The molecule has 0 saturated heterocycles. The molecule has 4 nitrogen and oxygen atoms in total. The van der Waals surface area contributed by atoms with Gasteiger partial charge >= 0.3 is 5.97 Å². The van der Waals surface area contributed by atoms with Crippen molar-refractivity contribution in [3.05, 3.63) is 29.8 Å². The highest BCUT2D eigenvalue weighted by atomic mass is 79.9. The third kappa shape index (κ3) is 2.38. The Morgan fingerprint density at radius 1 is 1.56 bits per heavy atom. The highest BCUT2D eigenvalue weighted by molar-refractivity contribution is 9.09. The summed E-state index contributed by atoms with van der Waals surface area (Å²) in [5, 5.41) is 0.652. The lowest BCUT2D eigenvalue weighted by molar-refractivity contribution is 0.0514. The molecular weight excluding hydrogens is 303 g/mol. The van der Waals surface area contributed by atoms with Crippen molar-refractivity contribution in [3.8, 4) is 0 Å². The molecule has 0 N–H and O–H groups in total. The molecule has 2 aromatic heterocycles. The fraction of sp³-hybridized carbons (Fsp3) is 0.333. The first kappa shape index (κ1) is 13.0. The molecule has 0 radical (unpaired) electrons. The number of carbonyl (C=O) groups is 1. The van der Waals surface area contributed by atoms with Crippen LogP contribution in [-0.4, -0.2) is 27.5 Å². The van der Waals surface area contributed by atoms with Crippen LogP contribution in [0.15, 0.2) is 18.3 Å². The Labute approximate surface area is 112 Å². The largest absolute Gasteiger partial charge is 0.461 e. The Morgan fingerprint density at radius 2 is 2.33 bits per heavy atom. The number of aromatic nitrogens is 2. The van der Waals surface area contributed by atoms with Gasteiger partial charge in [0.25, 0.3) is 0 Å². The molecule has 0 atom stereocenters. The molecule has 0 aliphatic carbocycles. The summed E-state index contributed by atoms with van der Waals surface area (Å²) in [6.45, 7) is 2.59. The van der Waals surface area contributed by atoms with E-state index in [-0.39, 0.29) is 0 Å². The number of rotatable bonds is 4. The SMILES string of the molecule is CCOC(=O)c1cc2ncc(F)cc2n1CCBr. The van der Waals surface area contributed by atoms with Gasteiger partial charge in [0, 0.05) is 17.9 Å². The molecule has 0 aromatic carbocycles. The number of halogens is 2. The van der Waals surface area contributed by atoms with Crippen LogP contribution in [0, 0.1) is 5.82 Å². The quantitative estimate of drug-likeness (QED) is 0.644. The highest BCUT2D eigenvalue weighted by Gasteiger charge is 2.17. The van der Waals surface area contributed by atoms with E-state index >= 15 is 0 Å². The standard InChI is InChI=1S/C12H12BrFN2O2/c1-2-18-12(17)11-6-9-10(16(11)4-3-13)5-8(14)7-15-9/h5-7H,2-4H2,1H3.